The van der Waals surface area contributed by atoms with Crippen LogP contribution in [0.15, 0.2) is 24.3 Å². The summed E-state index contributed by atoms with van der Waals surface area (Å²) in [5.41, 5.74) is 0.489. The molecule has 1 N–H and O–H groups in total. The van der Waals surface area contributed by atoms with Gasteiger partial charge in [-0.25, -0.2) is 4.39 Å². The van der Waals surface area contributed by atoms with Crippen molar-refractivity contribution in [2.45, 2.75) is 17.8 Å². The Morgan fingerprint density at radius 2 is 2.20 bits per heavy atom. The van der Waals surface area contributed by atoms with Gasteiger partial charge in [-0.15, -0.1) is 11.6 Å². The summed E-state index contributed by atoms with van der Waals surface area (Å²) in [6.07, 6.45) is 0.777. The van der Waals surface area contributed by atoms with Crippen molar-refractivity contribution >= 4 is 17.3 Å². The maximum absolute atomic E-state index is 13.3. The molecular weight excluding hydrogens is 217 g/mol. The fourth-order valence-electron chi connectivity index (χ4n) is 1.54. The van der Waals surface area contributed by atoms with Gasteiger partial charge in [-0.2, -0.15) is 0 Å². The predicted octanol–water partition coefficient (Wildman–Crippen LogP) is 2.80. The summed E-state index contributed by atoms with van der Waals surface area (Å²) in [6, 6.07) is 6.60. The summed E-state index contributed by atoms with van der Waals surface area (Å²) in [4.78, 5) is 0. The molecule has 1 heterocycles. The van der Waals surface area contributed by atoms with E-state index in [1.54, 1.807) is 24.8 Å². The van der Waals surface area contributed by atoms with Crippen molar-refractivity contribution < 1.29 is 9.13 Å². The number of hydrogen-bond acceptors (Lipinski definition) is 2. The number of para-hydroxylation sites is 1. The van der Waals surface area contributed by atoms with E-state index >= 15 is 0 Å². The highest BCUT2D eigenvalue weighted by atomic mass is 35.5. The second-order valence-corrected chi connectivity index (χ2v) is 3.97. The first-order chi connectivity index (χ1) is 7.27. The molecule has 0 aliphatic carbocycles. The molecule has 1 aromatic carbocycles. The Kier molecular flexibility index (Phi) is 3.44. The van der Waals surface area contributed by atoms with Gasteiger partial charge in [-0.1, -0.05) is 12.1 Å². The Morgan fingerprint density at radius 1 is 1.40 bits per heavy atom. The van der Waals surface area contributed by atoms with Crippen molar-refractivity contribution in [2.24, 2.45) is 0 Å². The number of nitrogens with one attached hydrogen (secondary N) is 1. The summed E-state index contributed by atoms with van der Waals surface area (Å²) in [5.74, 6) is -0.257. The molecule has 2 unspecified atom stereocenters. The minimum absolute atomic E-state index is 0.0253. The van der Waals surface area contributed by atoms with Crippen molar-refractivity contribution in [1.29, 1.82) is 0 Å². The van der Waals surface area contributed by atoms with Crippen LogP contribution in [0.1, 0.15) is 6.42 Å². The van der Waals surface area contributed by atoms with Gasteiger partial charge in [0.05, 0.1) is 11.1 Å². The zero-order valence-corrected chi connectivity index (χ0v) is 8.88. The van der Waals surface area contributed by atoms with Gasteiger partial charge >= 0.3 is 0 Å². The zero-order chi connectivity index (χ0) is 10.7. The van der Waals surface area contributed by atoms with E-state index in [-0.39, 0.29) is 17.2 Å². The molecule has 0 aromatic heterocycles. The van der Waals surface area contributed by atoms with Crippen LogP contribution < -0.4 is 5.32 Å². The van der Waals surface area contributed by atoms with Crippen LogP contribution in [0, 0.1) is 12.4 Å². The lowest BCUT2D eigenvalue weighted by molar-refractivity contribution is 0.151. The Balaban J connectivity index is 2.04. The minimum Gasteiger partial charge on any atom is -0.378 e. The summed E-state index contributed by atoms with van der Waals surface area (Å²) in [7, 11) is 0. The second-order valence-electron chi connectivity index (χ2n) is 3.47. The molecule has 15 heavy (non-hydrogen) atoms. The number of hydrogen-bond donors (Lipinski definition) is 1. The maximum Gasteiger partial charge on any atom is 0.146 e. The molecule has 4 heteroatoms. The molecule has 1 radical (unpaired) electrons. The fourth-order valence-corrected chi connectivity index (χ4v) is 1.80. The van der Waals surface area contributed by atoms with E-state index < -0.39 is 0 Å². The number of halogens is 2. The van der Waals surface area contributed by atoms with E-state index in [0.717, 1.165) is 6.42 Å². The largest absolute Gasteiger partial charge is 0.378 e. The molecule has 1 aliphatic heterocycles. The quantitative estimate of drug-likeness (QED) is 0.786. The van der Waals surface area contributed by atoms with E-state index in [1.165, 1.54) is 6.07 Å². The molecule has 0 saturated carbocycles. The molecule has 0 bridgehead atoms. The van der Waals surface area contributed by atoms with Crippen LogP contribution in [0.2, 0.25) is 0 Å². The second kappa shape index (κ2) is 4.81. The van der Waals surface area contributed by atoms with Gasteiger partial charge in [0, 0.05) is 12.6 Å². The van der Waals surface area contributed by atoms with E-state index in [2.05, 4.69) is 5.32 Å². The van der Waals surface area contributed by atoms with Crippen molar-refractivity contribution in [3.8, 4) is 0 Å². The van der Waals surface area contributed by atoms with Crippen molar-refractivity contribution in [3.05, 3.63) is 36.7 Å². The minimum atomic E-state index is -0.257. The van der Waals surface area contributed by atoms with Gasteiger partial charge in [0.1, 0.15) is 12.4 Å². The van der Waals surface area contributed by atoms with E-state index in [9.17, 15) is 4.39 Å². The molecule has 1 aromatic rings. The van der Waals surface area contributed by atoms with Gasteiger partial charge in [-0.05, 0) is 18.6 Å². The number of rotatable bonds is 2. The molecule has 0 amide bonds. The fraction of sp³-hybridized carbons (Fsp3) is 0.364. The third kappa shape index (κ3) is 2.61. The normalized spacial score (nSPS) is 26.3. The van der Waals surface area contributed by atoms with Gasteiger partial charge in [0.15, 0.2) is 0 Å². The monoisotopic (exact) mass is 228 g/mol. The number of alkyl halides is 1. The molecule has 2 rings (SSSR count). The maximum atomic E-state index is 13.3. The highest BCUT2D eigenvalue weighted by Crippen LogP contribution is 2.22. The van der Waals surface area contributed by atoms with Gasteiger partial charge < -0.3 is 10.1 Å². The first kappa shape index (κ1) is 10.7. The van der Waals surface area contributed by atoms with Crippen molar-refractivity contribution in [2.75, 3.05) is 11.9 Å². The molecule has 0 spiro atoms. The summed E-state index contributed by atoms with van der Waals surface area (Å²) in [5, 5.41) is 2.86. The van der Waals surface area contributed by atoms with Crippen LogP contribution in [-0.4, -0.2) is 18.0 Å². The molecule has 1 aliphatic rings. The highest BCUT2D eigenvalue weighted by molar-refractivity contribution is 6.22. The summed E-state index contributed by atoms with van der Waals surface area (Å²) >= 11 is 6.02. The topological polar surface area (TPSA) is 21.3 Å². The Bertz CT molecular complexity index is 334. The third-order valence-corrected chi connectivity index (χ3v) is 2.78. The zero-order valence-electron chi connectivity index (χ0n) is 8.12. The van der Waals surface area contributed by atoms with Crippen LogP contribution in [0.4, 0.5) is 10.1 Å². The van der Waals surface area contributed by atoms with Crippen LogP contribution >= 0.6 is 11.6 Å². The van der Waals surface area contributed by atoms with Gasteiger partial charge in [-0.3, -0.25) is 0 Å². The molecular formula is C11H12ClFNO. The number of benzene rings is 1. The Labute approximate surface area is 93.4 Å². The first-order valence-electron chi connectivity index (χ1n) is 4.87. The Morgan fingerprint density at radius 3 is 2.93 bits per heavy atom. The SMILES string of the molecule is Fc1ccccc1NC1CCO[CH]C1Cl. The van der Waals surface area contributed by atoms with Crippen LogP contribution in [0.5, 0.6) is 0 Å². The predicted molar refractivity (Wildman–Crippen MR) is 58.3 cm³/mol. The van der Waals surface area contributed by atoms with Crippen LogP contribution in [0.3, 0.4) is 0 Å². The summed E-state index contributed by atoms with van der Waals surface area (Å²) in [6.45, 7) is 2.21. The standard InChI is InChI=1S/C11H12ClFNO/c12-8-7-15-6-5-10(8)14-11-4-2-1-3-9(11)13/h1-4,7-8,10,14H,5-6H2. The smallest absolute Gasteiger partial charge is 0.146 e. The van der Waals surface area contributed by atoms with Crippen LogP contribution in [0.25, 0.3) is 0 Å². The summed E-state index contributed by atoms with van der Waals surface area (Å²) < 4.78 is 18.4. The van der Waals surface area contributed by atoms with Crippen LogP contribution in [-0.2, 0) is 4.74 Å². The van der Waals surface area contributed by atoms with Gasteiger partial charge in [0.25, 0.3) is 0 Å². The number of ether oxygens (including phenoxy) is 1. The van der Waals surface area contributed by atoms with E-state index in [0.29, 0.717) is 12.3 Å². The lowest BCUT2D eigenvalue weighted by Gasteiger charge is -2.28. The van der Waals surface area contributed by atoms with E-state index in [1.807, 2.05) is 0 Å². The lowest BCUT2D eigenvalue weighted by Crippen LogP contribution is -2.36. The molecule has 81 valence electrons. The average molecular weight is 229 g/mol. The van der Waals surface area contributed by atoms with Crippen molar-refractivity contribution in [1.82, 2.24) is 0 Å². The molecule has 2 atom stereocenters. The average Bonchev–Trinajstić information content (AvgIpc) is 2.24. The molecule has 2 nitrogen and oxygen atoms in total. The molecule has 1 saturated heterocycles. The molecule has 1 fully saturated rings. The van der Waals surface area contributed by atoms with Crippen molar-refractivity contribution in [3.63, 3.8) is 0 Å². The first-order valence-corrected chi connectivity index (χ1v) is 5.31. The number of anilines is 1. The highest BCUT2D eigenvalue weighted by Gasteiger charge is 2.24. The lowest BCUT2D eigenvalue weighted by atomic mass is 10.1. The van der Waals surface area contributed by atoms with Gasteiger partial charge in [0.2, 0.25) is 0 Å². The Hall–Kier alpha value is -0.800. The van der Waals surface area contributed by atoms with E-state index in [4.69, 9.17) is 16.3 Å². The third-order valence-electron chi connectivity index (χ3n) is 2.37.